The van der Waals surface area contributed by atoms with Crippen LogP contribution in [0.25, 0.3) is 6.08 Å². The first kappa shape index (κ1) is 14.8. The second-order valence-electron chi connectivity index (χ2n) is 3.46. The molecule has 0 N–H and O–H groups in total. The molecule has 0 amide bonds. The lowest BCUT2D eigenvalue weighted by Crippen LogP contribution is -2.11. The molecule has 0 aliphatic heterocycles. The molecular weight excluding hydrogens is 256 g/mol. The monoisotopic (exact) mass is 267 g/mol. The van der Waals surface area contributed by atoms with E-state index in [4.69, 9.17) is 10.00 Å². The van der Waals surface area contributed by atoms with E-state index in [0.717, 1.165) is 24.3 Å². The van der Waals surface area contributed by atoms with E-state index in [1.165, 1.54) is 7.11 Å². The predicted octanol–water partition coefficient (Wildman–Crippen LogP) is 2.06. The van der Waals surface area contributed by atoms with E-state index in [2.05, 4.69) is 4.74 Å². The number of rotatable bonds is 5. The molecule has 0 fully saturated rings. The Morgan fingerprint density at radius 2 is 2.16 bits per heavy atom. The summed E-state index contributed by atoms with van der Waals surface area (Å²) in [7, 11) is 1.43. The van der Waals surface area contributed by atoms with Crippen molar-refractivity contribution in [1.82, 2.24) is 0 Å². The third kappa shape index (κ3) is 4.48. The van der Waals surface area contributed by atoms with Gasteiger partial charge in [0.2, 0.25) is 0 Å². The Morgan fingerprint density at radius 1 is 1.42 bits per heavy atom. The average molecular weight is 267 g/mol. The van der Waals surface area contributed by atoms with Crippen molar-refractivity contribution in [2.75, 3.05) is 20.3 Å². The minimum absolute atomic E-state index is 0.0278. The molecule has 0 saturated heterocycles. The summed E-state index contributed by atoms with van der Waals surface area (Å²) in [6, 6.07) is 4.31. The van der Waals surface area contributed by atoms with Crippen molar-refractivity contribution in [3.63, 3.8) is 0 Å². The smallest absolute Gasteiger partial charge is 0.348 e. The second kappa shape index (κ2) is 7.24. The molecule has 4 nitrogen and oxygen atoms in total. The molecule has 0 aromatic heterocycles. The number of hydrogen-bond acceptors (Lipinski definition) is 4. The Kier molecular flexibility index (Phi) is 5.64. The van der Waals surface area contributed by atoms with Gasteiger partial charge in [-0.3, -0.25) is 0 Å². The molecule has 0 radical (unpaired) electrons. The number of nitrogens with zero attached hydrogens (tertiary/aromatic N) is 1. The molecule has 0 aliphatic rings. The van der Waals surface area contributed by atoms with E-state index in [-0.39, 0.29) is 18.8 Å². The lowest BCUT2D eigenvalue weighted by atomic mass is 10.1. The zero-order valence-electron chi connectivity index (χ0n) is 10.2. The standard InChI is InChI=1S/C13H11F2NO3/c1-18-4-5-19-13(17)10(8-16)6-9-7-11(14)2-3-12(9)15/h2-3,6-7H,4-5H2,1H3/b10-6-. The summed E-state index contributed by atoms with van der Waals surface area (Å²) < 4.78 is 35.7. The molecule has 1 aromatic carbocycles. The number of ether oxygens (including phenoxy) is 2. The number of halogens is 2. The summed E-state index contributed by atoms with van der Waals surface area (Å²) in [5, 5.41) is 8.81. The summed E-state index contributed by atoms with van der Waals surface area (Å²) in [5.41, 5.74) is -0.610. The van der Waals surface area contributed by atoms with Crippen LogP contribution < -0.4 is 0 Å². The van der Waals surface area contributed by atoms with Crippen LogP contribution in [0, 0.1) is 23.0 Å². The van der Waals surface area contributed by atoms with Crippen LogP contribution in [0.1, 0.15) is 5.56 Å². The number of carbonyl (C=O) groups is 1. The Hall–Kier alpha value is -2.26. The van der Waals surface area contributed by atoms with Crippen molar-refractivity contribution in [2.45, 2.75) is 0 Å². The van der Waals surface area contributed by atoms with Crippen LogP contribution >= 0.6 is 0 Å². The maximum Gasteiger partial charge on any atom is 0.348 e. The van der Waals surface area contributed by atoms with Crippen molar-refractivity contribution < 1.29 is 23.0 Å². The number of methoxy groups -OCH3 is 1. The van der Waals surface area contributed by atoms with E-state index in [9.17, 15) is 13.6 Å². The average Bonchev–Trinajstić information content (AvgIpc) is 2.39. The fourth-order valence-electron chi connectivity index (χ4n) is 1.21. The molecule has 0 saturated carbocycles. The van der Waals surface area contributed by atoms with E-state index in [0.29, 0.717) is 0 Å². The molecule has 1 aromatic rings. The number of hydrogen-bond donors (Lipinski definition) is 0. The van der Waals surface area contributed by atoms with E-state index < -0.39 is 23.2 Å². The number of esters is 1. The number of nitriles is 1. The summed E-state index contributed by atoms with van der Waals surface area (Å²) in [5.74, 6) is -2.32. The van der Waals surface area contributed by atoms with Crippen LogP contribution in [0.4, 0.5) is 8.78 Å². The van der Waals surface area contributed by atoms with Crippen molar-refractivity contribution in [3.05, 3.63) is 41.0 Å². The van der Waals surface area contributed by atoms with Gasteiger partial charge in [0.25, 0.3) is 0 Å². The van der Waals surface area contributed by atoms with Gasteiger partial charge in [0.05, 0.1) is 6.61 Å². The Labute approximate surface area is 108 Å². The van der Waals surface area contributed by atoms with Crippen molar-refractivity contribution in [3.8, 4) is 6.07 Å². The Bertz CT molecular complexity index is 535. The van der Waals surface area contributed by atoms with Crippen molar-refractivity contribution in [2.24, 2.45) is 0 Å². The molecule has 100 valence electrons. The number of carbonyl (C=O) groups excluding carboxylic acids is 1. The SMILES string of the molecule is COCCOC(=O)/C(C#N)=C\c1cc(F)ccc1F. The first-order chi connectivity index (χ1) is 9.08. The Balaban J connectivity index is 2.90. The predicted molar refractivity (Wildman–Crippen MR) is 62.8 cm³/mol. The van der Waals surface area contributed by atoms with Crippen LogP contribution in [0.2, 0.25) is 0 Å². The highest BCUT2D eigenvalue weighted by Crippen LogP contribution is 2.14. The molecule has 6 heteroatoms. The molecule has 0 bridgehead atoms. The van der Waals surface area contributed by atoms with Gasteiger partial charge in [-0.25, -0.2) is 13.6 Å². The van der Waals surface area contributed by atoms with Crippen LogP contribution in [0.15, 0.2) is 23.8 Å². The van der Waals surface area contributed by atoms with Crippen LogP contribution in [-0.2, 0) is 14.3 Å². The van der Waals surface area contributed by atoms with Gasteiger partial charge >= 0.3 is 5.97 Å². The minimum Gasteiger partial charge on any atom is -0.459 e. The summed E-state index contributed by atoms with van der Waals surface area (Å²) in [4.78, 5) is 11.5. The van der Waals surface area contributed by atoms with Gasteiger partial charge in [-0.1, -0.05) is 0 Å². The first-order valence-corrected chi connectivity index (χ1v) is 5.31. The topological polar surface area (TPSA) is 59.3 Å². The van der Waals surface area contributed by atoms with E-state index in [1.54, 1.807) is 6.07 Å². The van der Waals surface area contributed by atoms with Gasteiger partial charge in [0.15, 0.2) is 0 Å². The van der Waals surface area contributed by atoms with Gasteiger partial charge in [-0.15, -0.1) is 0 Å². The minimum atomic E-state index is -0.914. The highest BCUT2D eigenvalue weighted by molar-refractivity contribution is 5.97. The normalized spacial score (nSPS) is 10.9. The van der Waals surface area contributed by atoms with Crippen LogP contribution in [0.5, 0.6) is 0 Å². The molecular formula is C13H11F2NO3. The lowest BCUT2D eigenvalue weighted by molar-refractivity contribution is -0.139. The van der Waals surface area contributed by atoms with Crippen molar-refractivity contribution in [1.29, 1.82) is 5.26 Å². The van der Waals surface area contributed by atoms with E-state index >= 15 is 0 Å². The lowest BCUT2D eigenvalue weighted by Gasteiger charge is -2.03. The summed E-state index contributed by atoms with van der Waals surface area (Å²) in [6.45, 7) is 0.152. The summed E-state index contributed by atoms with van der Waals surface area (Å²) in [6.07, 6.45) is 0.938. The van der Waals surface area contributed by atoms with Crippen LogP contribution in [0.3, 0.4) is 0 Å². The van der Waals surface area contributed by atoms with Gasteiger partial charge in [-0.05, 0) is 24.3 Å². The molecule has 0 unspecified atom stereocenters. The highest BCUT2D eigenvalue weighted by Gasteiger charge is 2.12. The van der Waals surface area contributed by atoms with Crippen LogP contribution in [-0.4, -0.2) is 26.3 Å². The maximum atomic E-state index is 13.3. The molecule has 0 aliphatic carbocycles. The molecule has 0 heterocycles. The van der Waals surface area contributed by atoms with Gasteiger partial charge < -0.3 is 9.47 Å². The summed E-state index contributed by atoms with van der Waals surface area (Å²) >= 11 is 0. The van der Waals surface area contributed by atoms with Gasteiger partial charge in [-0.2, -0.15) is 5.26 Å². The van der Waals surface area contributed by atoms with Gasteiger partial charge in [0.1, 0.15) is 29.9 Å². The third-order valence-electron chi connectivity index (χ3n) is 2.12. The van der Waals surface area contributed by atoms with Crippen molar-refractivity contribution >= 4 is 12.0 Å². The molecule has 1 rings (SSSR count). The van der Waals surface area contributed by atoms with E-state index in [1.807, 2.05) is 0 Å². The molecule has 0 spiro atoms. The highest BCUT2D eigenvalue weighted by atomic mass is 19.1. The third-order valence-corrected chi connectivity index (χ3v) is 2.12. The fourth-order valence-corrected chi connectivity index (χ4v) is 1.21. The zero-order chi connectivity index (χ0) is 14.3. The first-order valence-electron chi connectivity index (χ1n) is 5.31. The van der Waals surface area contributed by atoms with Gasteiger partial charge in [0, 0.05) is 12.7 Å². The second-order valence-corrected chi connectivity index (χ2v) is 3.46. The fraction of sp³-hybridized carbons (Fsp3) is 0.231. The maximum absolute atomic E-state index is 13.3. The number of benzene rings is 1. The Morgan fingerprint density at radius 3 is 2.79 bits per heavy atom. The molecule has 0 atom stereocenters. The largest absolute Gasteiger partial charge is 0.459 e. The quantitative estimate of drug-likeness (QED) is 0.354. The molecule has 19 heavy (non-hydrogen) atoms. The zero-order valence-corrected chi connectivity index (χ0v) is 10.2.